The highest BCUT2D eigenvalue weighted by Gasteiger charge is 2.15. The molecule has 6 nitrogen and oxygen atoms in total. The van der Waals surface area contributed by atoms with E-state index in [2.05, 4.69) is 10.3 Å². The Morgan fingerprint density at radius 2 is 2.12 bits per heavy atom. The smallest absolute Gasteiger partial charge is 0.347 e. The van der Waals surface area contributed by atoms with Crippen LogP contribution in [0.5, 0.6) is 5.75 Å². The summed E-state index contributed by atoms with van der Waals surface area (Å²) in [5.74, 6) is 0.681. The van der Waals surface area contributed by atoms with Gasteiger partial charge in [-0.2, -0.15) is 0 Å². The summed E-state index contributed by atoms with van der Waals surface area (Å²) < 4.78 is 6.98. The number of hydrogen-bond acceptors (Lipinski definition) is 4. The lowest BCUT2D eigenvalue weighted by atomic mass is 10.1. The van der Waals surface area contributed by atoms with Crippen molar-refractivity contribution in [3.63, 3.8) is 0 Å². The van der Waals surface area contributed by atoms with E-state index >= 15 is 0 Å². The molecule has 1 aliphatic heterocycles. The standard InChI is InChI=1S/C20H17N3O3/c24-19(16-5-6-18-15(12-16)7-10-26-18)22-17-4-1-3-14(11-17)13-23-9-2-8-21-20(23)25/h1-6,8-9,11-12H,7,10,13H2,(H,22,24). The lowest BCUT2D eigenvalue weighted by Crippen LogP contribution is -2.22. The van der Waals surface area contributed by atoms with E-state index < -0.39 is 0 Å². The van der Waals surface area contributed by atoms with E-state index in [4.69, 9.17) is 4.74 Å². The summed E-state index contributed by atoms with van der Waals surface area (Å²) in [6.07, 6.45) is 3.98. The minimum Gasteiger partial charge on any atom is -0.493 e. The number of amides is 1. The van der Waals surface area contributed by atoms with Gasteiger partial charge in [-0.3, -0.25) is 9.36 Å². The zero-order valence-electron chi connectivity index (χ0n) is 14.0. The number of ether oxygens (including phenoxy) is 1. The number of nitrogens with zero attached hydrogens (tertiary/aromatic N) is 2. The maximum absolute atomic E-state index is 12.5. The molecular weight excluding hydrogens is 330 g/mol. The third kappa shape index (κ3) is 3.35. The molecule has 0 unspecified atom stereocenters. The van der Waals surface area contributed by atoms with Gasteiger partial charge in [0.25, 0.3) is 5.91 Å². The monoisotopic (exact) mass is 347 g/mol. The van der Waals surface area contributed by atoms with E-state index in [-0.39, 0.29) is 11.6 Å². The van der Waals surface area contributed by atoms with Crippen molar-refractivity contribution in [3.8, 4) is 5.75 Å². The summed E-state index contributed by atoms with van der Waals surface area (Å²) in [5, 5.41) is 2.91. The summed E-state index contributed by atoms with van der Waals surface area (Å²) in [5.41, 5.74) is 2.94. The third-order valence-electron chi connectivity index (χ3n) is 4.27. The van der Waals surface area contributed by atoms with Crippen molar-refractivity contribution < 1.29 is 9.53 Å². The van der Waals surface area contributed by atoms with E-state index in [1.54, 1.807) is 18.3 Å². The van der Waals surface area contributed by atoms with E-state index in [0.717, 1.165) is 23.3 Å². The molecule has 6 heteroatoms. The molecule has 2 heterocycles. The Morgan fingerprint density at radius 1 is 1.19 bits per heavy atom. The van der Waals surface area contributed by atoms with Crippen molar-refractivity contribution in [1.82, 2.24) is 9.55 Å². The van der Waals surface area contributed by atoms with Crippen LogP contribution in [0.4, 0.5) is 5.69 Å². The number of aromatic nitrogens is 2. The lowest BCUT2D eigenvalue weighted by Gasteiger charge is -2.09. The van der Waals surface area contributed by atoms with Crippen molar-refractivity contribution in [2.75, 3.05) is 11.9 Å². The predicted molar refractivity (Wildman–Crippen MR) is 97.6 cm³/mol. The van der Waals surface area contributed by atoms with Gasteiger partial charge in [0.2, 0.25) is 0 Å². The molecular formula is C20H17N3O3. The molecule has 1 aromatic heterocycles. The molecule has 0 atom stereocenters. The van der Waals surface area contributed by atoms with Crippen molar-refractivity contribution >= 4 is 11.6 Å². The zero-order valence-corrected chi connectivity index (χ0v) is 14.0. The summed E-state index contributed by atoms with van der Waals surface area (Å²) in [6.45, 7) is 1.06. The van der Waals surface area contributed by atoms with E-state index in [0.29, 0.717) is 24.4 Å². The van der Waals surface area contributed by atoms with Crippen LogP contribution in [0.3, 0.4) is 0 Å². The second kappa shape index (κ2) is 6.84. The number of benzene rings is 2. The highest BCUT2D eigenvalue weighted by Crippen LogP contribution is 2.26. The van der Waals surface area contributed by atoms with Gasteiger partial charge in [0.05, 0.1) is 13.2 Å². The van der Waals surface area contributed by atoms with E-state index in [1.807, 2.05) is 36.4 Å². The van der Waals surface area contributed by atoms with Gasteiger partial charge in [0, 0.05) is 30.1 Å². The van der Waals surface area contributed by atoms with Crippen molar-refractivity contribution in [3.05, 3.63) is 88.1 Å². The molecule has 0 spiro atoms. The third-order valence-corrected chi connectivity index (χ3v) is 4.27. The molecule has 1 N–H and O–H groups in total. The Kier molecular flexibility index (Phi) is 4.23. The van der Waals surface area contributed by atoms with Gasteiger partial charge in [-0.05, 0) is 47.5 Å². The van der Waals surface area contributed by atoms with Gasteiger partial charge in [-0.15, -0.1) is 0 Å². The fraction of sp³-hybridized carbons (Fsp3) is 0.150. The first-order valence-electron chi connectivity index (χ1n) is 8.36. The predicted octanol–water partition coefficient (Wildman–Crippen LogP) is 2.48. The number of hydrogen-bond donors (Lipinski definition) is 1. The van der Waals surface area contributed by atoms with Crippen LogP contribution in [0.2, 0.25) is 0 Å². The number of carbonyl (C=O) groups excluding carboxylic acids is 1. The molecule has 26 heavy (non-hydrogen) atoms. The van der Waals surface area contributed by atoms with Crippen LogP contribution in [0.1, 0.15) is 21.5 Å². The Bertz CT molecular complexity index is 1030. The number of carbonyl (C=O) groups is 1. The molecule has 1 aliphatic rings. The number of fused-ring (bicyclic) bond motifs is 1. The van der Waals surface area contributed by atoms with Gasteiger partial charge in [-0.25, -0.2) is 9.78 Å². The van der Waals surface area contributed by atoms with E-state index in [9.17, 15) is 9.59 Å². The highest BCUT2D eigenvalue weighted by atomic mass is 16.5. The quantitative estimate of drug-likeness (QED) is 0.787. The highest BCUT2D eigenvalue weighted by molar-refractivity contribution is 6.04. The van der Waals surface area contributed by atoms with Crippen molar-refractivity contribution in [1.29, 1.82) is 0 Å². The van der Waals surface area contributed by atoms with Crippen LogP contribution < -0.4 is 15.7 Å². The topological polar surface area (TPSA) is 73.2 Å². The second-order valence-corrected chi connectivity index (χ2v) is 6.11. The maximum atomic E-state index is 12.5. The molecule has 130 valence electrons. The van der Waals surface area contributed by atoms with Crippen LogP contribution in [0.15, 0.2) is 65.7 Å². The Morgan fingerprint density at radius 3 is 3.00 bits per heavy atom. The average molecular weight is 347 g/mol. The van der Waals surface area contributed by atoms with Gasteiger partial charge in [0.15, 0.2) is 0 Å². The van der Waals surface area contributed by atoms with Gasteiger partial charge in [0.1, 0.15) is 5.75 Å². The number of anilines is 1. The molecule has 3 aromatic rings. The van der Waals surface area contributed by atoms with Gasteiger partial charge < -0.3 is 10.1 Å². The molecule has 0 saturated carbocycles. The van der Waals surface area contributed by atoms with Gasteiger partial charge in [-0.1, -0.05) is 12.1 Å². The summed E-state index contributed by atoms with van der Waals surface area (Å²) >= 11 is 0. The summed E-state index contributed by atoms with van der Waals surface area (Å²) in [4.78, 5) is 28.0. The van der Waals surface area contributed by atoms with E-state index in [1.165, 1.54) is 10.8 Å². The molecule has 0 fully saturated rings. The molecule has 0 bridgehead atoms. The Balaban J connectivity index is 1.51. The van der Waals surface area contributed by atoms with Gasteiger partial charge >= 0.3 is 5.69 Å². The molecule has 0 saturated heterocycles. The molecule has 2 aromatic carbocycles. The first kappa shape index (κ1) is 16.1. The summed E-state index contributed by atoms with van der Waals surface area (Å²) in [6, 6.07) is 14.6. The van der Waals surface area contributed by atoms with Crippen LogP contribution in [-0.2, 0) is 13.0 Å². The normalized spacial score (nSPS) is 12.3. The average Bonchev–Trinajstić information content (AvgIpc) is 3.12. The SMILES string of the molecule is O=C(Nc1cccc(Cn2cccnc2=O)c1)c1ccc2c(c1)CCO2. The first-order valence-corrected chi connectivity index (χ1v) is 8.36. The first-order chi connectivity index (χ1) is 12.7. The zero-order chi connectivity index (χ0) is 17.9. The van der Waals surface area contributed by atoms with Crippen LogP contribution >= 0.6 is 0 Å². The van der Waals surface area contributed by atoms with Crippen LogP contribution in [0.25, 0.3) is 0 Å². The minimum absolute atomic E-state index is 0.171. The maximum Gasteiger partial charge on any atom is 0.347 e. The fourth-order valence-electron chi connectivity index (χ4n) is 2.98. The summed E-state index contributed by atoms with van der Waals surface area (Å²) in [7, 11) is 0. The second-order valence-electron chi connectivity index (χ2n) is 6.11. The Labute approximate surface area is 150 Å². The molecule has 4 rings (SSSR count). The molecule has 1 amide bonds. The molecule has 0 aliphatic carbocycles. The Hall–Kier alpha value is -3.41. The molecule has 0 radical (unpaired) electrons. The van der Waals surface area contributed by atoms with Crippen molar-refractivity contribution in [2.24, 2.45) is 0 Å². The number of nitrogens with one attached hydrogen (secondary N) is 1. The van der Waals surface area contributed by atoms with Crippen LogP contribution in [-0.4, -0.2) is 22.1 Å². The largest absolute Gasteiger partial charge is 0.493 e. The van der Waals surface area contributed by atoms with Crippen molar-refractivity contribution in [2.45, 2.75) is 13.0 Å². The number of rotatable bonds is 4. The van der Waals surface area contributed by atoms with Crippen LogP contribution in [0, 0.1) is 0 Å². The lowest BCUT2D eigenvalue weighted by molar-refractivity contribution is 0.102. The minimum atomic E-state index is -0.303. The fourth-order valence-corrected chi connectivity index (χ4v) is 2.98.